The van der Waals surface area contributed by atoms with Crippen LogP contribution in [0.1, 0.15) is 57.4 Å². The second kappa shape index (κ2) is 18.0. The number of aromatic carboxylic acids is 1. The number of amides is 5. The Hall–Kier alpha value is -8.87. The van der Waals surface area contributed by atoms with Crippen LogP contribution in [0.2, 0.25) is 0 Å². The van der Waals surface area contributed by atoms with Crippen LogP contribution in [0.15, 0.2) is 100 Å². The standard InChI is InChI=1S/C43H35N5O14/c1-20-26-13-12-25(49)18-31(26)62-43(59)33(20)41(56)46-24-10-4-21(5-11-24)38(53)44-19-32(50)45-23-8-6-22(7-9-23)39(54)47-29-16-14-27(34(51)36(29)60-2)40(55)48-30-17-15-28(42(57)58)35(52)37(30)61-3/h4-18,49,51-52H,19H2,1-3H3,(H,44,53)(H,45,50)(H,46,56)(H,47,54)(H,48,55)(H,57,58). The summed E-state index contributed by atoms with van der Waals surface area (Å²) in [6.45, 7) is 1.16. The van der Waals surface area contributed by atoms with Crippen LogP contribution in [-0.2, 0) is 4.79 Å². The molecule has 0 bridgehead atoms. The molecule has 62 heavy (non-hydrogen) atoms. The van der Waals surface area contributed by atoms with E-state index in [0.29, 0.717) is 16.6 Å². The lowest BCUT2D eigenvalue weighted by molar-refractivity contribution is -0.115. The lowest BCUT2D eigenvalue weighted by Crippen LogP contribution is -2.32. The highest BCUT2D eigenvalue weighted by molar-refractivity contribution is 6.11. The van der Waals surface area contributed by atoms with Gasteiger partial charge in [-0.15, -0.1) is 0 Å². The van der Waals surface area contributed by atoms with Crippen molar-refractivity contribution in [2.24, 2.45) is 0 Å². The summed E-state index contributed by atoms with van der Waals surface area (Å²) in [5.74, 6) is -6.93. The van der Waals surface area contributed by atoms with Gasteiger partial charge in [0.25, 0.3) is 23.6 Å². The third-order valence-corrected chi connectivity index (χ3v) is 9.27. The Morgan fingerprint density at radius 3 is 1.73 bits per heavy atom. The number of phenols is 3. The molecule has 1 heterocycles. The average Bonchev–Trinajstić information content (AvgIpc) is 3.23. The molecule has 19 heteroatoms. The molecular weight excluding hydrogens is 810 g/mol. The number of fused-ring (bicyclic) bond motifs is 1. The van der Waals surface area contributed by atoms with Gasteiger partial charge in [0.15, 0.2) is 23.0 Å². The summed E-state index contributed by atoms with van der Waals surface area (Å²) in [4.78, 5) is 88.5. The van der Waals surface area contributed by atoms with Crippen LogP contribution >= 0.6 is 0 Å². The highest BCUT2D eigenvalue weighted by atomic mass is 16.5. The first kappa shape index (κ1) is 42.7. The van der Waals surface area contributed by atoms with Gasteiger partial charge in [0.05, 0.1) is 37.7 Å². The molecule has 0 fully saturated rings. The fourth-order valence-corrected chi connectivity index (χ4v) is 6.17. The number of methoxy groups -OCH3 is 2. The molecule has 0 aliphatic heterocycles. The molecule has 1 aromatic heterocycles. The number of carboxylic acids is 1. The van der Waals surface area contributed by atoms with Crippen LogP contribution in [0.25, 0.3) is 11.0 Å². The second-order valence-corrected chi connectivity index (χ2v) is 13.2. The molecule has 6 aromatic rings. The van der Waals surface area contributed by atoms with E-state index in [1.807, 2.05) is 0 Å². The maximum Gasteiger partial charge on any atom is 0.349 e. The summed E-state index contributed by atoms with van der Waals surface area (Å²) in [6, 6.07) is 20.3. The van der Waals surface area contributed by atoms with Gasteiger partial charge in [0.1, 0.15) is 22.5 Å². The van der Waals surface area contributed by atoms with Gasteiger partial charge in [0, 0.05) is 34.0 Å². The van der Waals surface area contributed by atoms with Gasteiger partial charge in [-0.3, -0.25) is 24.0 Å². The van der Waals surface area contributed by atoms with E-state index in [1.54, 1.807) is 6.92 Å². The third kappa shape index (κ3) is 9.05. The van der Waals surface area contributed by atoms with Crippen LogP contribution in [0.5, 0.6) is 28.7 Å². The first-order valence-corrected chi connectivity index (χ1v) is 18.1. The van der Waals surface area contributed by atoms with E-state index in [2.05, 4.69) is 26.6 Å². The van der Waals surface area contributed by atoms with Crippen molar-refractivity contribution in [3.8, 4) is 28.7 Å². The number of anilines is 4. The SMILES string of the molecule is COc1c(NC(=O)c2ccc(NC(=O)c3ccc(NC(=O)CNC(=O)c4ccc(NC(=O)c5c(C)c6ccc(O)cc6oc5=O)cc4)cc3)c(OC)c2O)ccc(C(=O)O)c1O. The Labute approximate surface area is 349 Å². The minimum Gasteiger partial charge on any atom is -0.508 e. The first-order chi connectivity index (χ1) is 29.6. The fraction of sp³-hybridized carbons (Fsp3) is 0.0930. The Balaban J connectivity index is 1.01. The summed E-state index contributed by atoms with van der Waals surface area (Å²) >= 11 is 0. The summed E-state index contributed by atoms with van der Waals surface area (Å²) in [5.41, 5.74) is -0.616. The summed E-state index contributed by atoms with van der Waals surface area (Å²) in [7, 11) is 2.36. The zero-order chi connectivity index (χ0) is 44.8. The molecule has 6 rings (SSSR count). The summed E-state index contributed by atoms with van der Waals surface area (Å²) in [5, 5.41) is 53.2. The van der Waals surface area contributed by atoms with Gasteiger partial charge < -0.3 is 60.9 Å². The van der Waals surface area contributed by atoms with E-state index in [4.69, 9.17) is 13.9 Å². The van der Waals surface area contributed by atoms with Crippen molar-refractivity contribution in [1.82, 2.24) is 5.32 Å². The fourth-order valence-electron chi connectivity index (χ4n) is 6.17. The number of ether oxygens (including phenoxy) is 2. The van der Waals surface area contributed by atoms with E-state index in [-0.39, 0.29) is 62.1 Å². The number of carbonyl (C=O) groups is 6. The van der Waals surface area contributed by atoms with E-state index >= 15 is 0 Å². The zero-order valence-electron chi connectivity index (χ0n) is 32.7. The normalized spacial score (nSPS) is 10.6. The smallest absolute Gasteiger partial charge is 0.349 e. The lowest BCUT2D eigenvalue weighted by Gasteiger charge is -2.16. The molecule has 0 spiro atoms. The first-order valence-electron chi connectivity index (χ1n) is 18.1. The number of phenolic OH excluding ortho intramolecular Hbond substituents is 2. The van der Waals surface area contributed by atoms with Crippen LogP contribution in [0, 0.1) is 6.92 Å². The molecule has 316 valence electrons. The van der Waals surface area contributed by atoms with E-state index in [1.165, 1.54) is 92.0 Å². The van der Waals surface area contributed by atoms with Crippen molar-refractivity contribution in [3.05, 3.63) is 135 Å². The lowest BCUT2D eigenvalue weighted by atomic mass is 10.1. The predicted octanol–water partition coefficient (Wildman–Crippen LogP) is 5.06. The van der Waals surface area contributed by atoms with Crippen molar-refractivity contribution in [3.63, 3.8) is 0 Å². The molecule has 0 atom stereocenters. The van der Waals surface area contributed by atoms with E-state index in [0.717, 1.165) is 13.2 Å². The molecule has 0 unspecified atom stereocenters. The topological polar surface area (TPSA) is 292 Å². The molecule has 0 aliphatic rings. The molecule has 0 aliphatic carbocycles. The van der Waals surface area contributed by atoms with Gasteiger partial charge in [0.2, 0.25) is 5.91 Å². The van der Waals surface area contributed by atoms with Gasteiger partial charge in [-0.2, -0.15) is 0 Å². The number of hydrogen-bond acceptors (Lipinski definition) is 13. The molecule has 5 aromatic carbocycles. The number of aryl methyl sites for hydroxylation is 1. The van der Waals surface area contributed by atoms with E-state index in [9.17, 15) is 54.0 Å². The maximum atomic E-state index is 13.1. The Kier molecular flexibility index (Phi) is 12.4. The number of benzene rings is 5. The predicted molar refractivity (Wildman–Crippen MR) is 223 cm³/mol. The Morgan fingerprint density at radius 1 is 0.613 bits per heavy atom. The van der Waals surface area contributed by atoms with Crippen LogP contribution < -0.4 is 41.7 Å². The summed E-state index contributed by atoms with van der Waals surface area (Å²) in [6.07, 6.45) is 0. The van der Waals surface area contributed by atoms with Crippen LogP contribution in [-0.4, -0.2) is 76.7 Å². The van der Waals surface area contributed by atoms with Crippen molar-refractivity contribution in [1.29, 1.82) is 0 Å². The van der Waals surface area contributed by atoms with Crippen molar-refractivity contribution < 1.29 is 63.1 Å². The highest BCUT2D eigenvalue weighted by Gasteiger charge is 2.24. The number of carbonyl (C=O) groups excluding carboxylic acids is 5. The largest absolute Gasteiger partial charge is 0.508 e. The number of nitrogens with one attached hydrogen (secondary N) is 5. The monoisotopic (exact) mass is 845 g/mol. The Morgan fingerprint density at radius 2 is 1.15 bits per heavy atom. The quantitative estimate of drug-likeness (QED) is 0.0687. The molecule has 5 amide bonds. The van der Waals surface area contributed by atoms with Crippen LogP contribution in [0.3, 0.4) is 0 Å². The minimum absolute atomic E-state index is 0.00602. The van der Waals surface area contributed by atoms with Crippen molar-refractivity contribution in [2.75, 3.05) is 42.0 Å². The summed E-state index contributed by atoms with van der Waals surface area (Å²) < 4.78 is 15.5. The van der Waals surface area contributed by atoms with Crippen LogP contribution in [0.4, 0.5) is 22.7 Å². The Bertz CT molecular complexity index is 2860. The number of carboxylic acid groups (broad SMARTS) is 1. The number of aromatic hydroxyl groups is 3. The van der Waals surface area contributed by atoms with Gasteiger partial charge in [-0.05, 0) is 97.4 Å². The van der Waals surface area contributed by atoms with Gasteiger partial charge in [-0.25, -0.2) is 9.59 Å². The number of hydrogen-bond donors (Lipinski definition) is 9. The molecule has 9 N–H and O–H groups in total. The molecular formula is C43H35N5O14. The van der Waals surface area contributed by atoms with Gasteiger partial charge >= 0.3 is 11.6 Å². The van der Waals surface area contributed by atoms with E-state index < -0.39 is 64.7 Å². The zero-order valence-corrected chi connectivity index (χ0v) is 32.7. The molecule has 0 saturated carbocycles. The second-order valence-electron chi connectivity index (χ2n) is 13.2. The molecule has 0 radical (unpaired) electrons. The molecule has 0 saturated heterocycles. The number of rotatable bonds is 13. The maximum absolute atomic E-state index is 13.1. The van der Waals surface area contributed by atoms with Crippen molar-refractivity contribution in [2.45, 2.75) is 6.92 Å². The third-order valence-electron chi connectivity index (χ3n) is 9.27. The minimum atomic E-state index is -1.42. The average molecular weight is 846 g/mol. The van der Waals surface area contributed by atoms with Crippen molar-refractivity contribution >= 4 is 69.2 Å². The van der Waals surface area contributed by atoms with Gasteiger partial charge in [-0.1, -0.05) is 0 Å². The highest BCUT2D eigenvalue weighted by Crippen LogP contribution is 2.40. The molecule has 19 nitrogen and oxygen atoms in total.